The fraction of sp³-hybridized carbons (Fsp3) is 0.846. The predicted molar refractivity (Wildman–Crippen MR) is 215 cm³/mol. The van der Waals surface area contributed by atoms with Gasteiger partial charge in [-0.3, -0.25) is 14.7 Å². The molecule has 0 saturated carbocycles. The first-order chi connectivity index (χ1) is 25.3. The van der Waals surface area contributed by atoms with E-state index in [-0.39, 0.29) is 0 Å². The van der Waals surface area contributed by atoms with Crippen molar-refractivity contribution in [2.75, 3.05) is 138 Å². The zero-order valence-electron chi connectivity index (χ0n) is 32.4. The molecule has 0 unspecified atom stereocenters. The van der Waals surface area contributed by atoms with Gasteiger partial charge in [-0.1, -0.05) is 18.2 Å². The monoisotopic (exact) mass is 715 g/mol. The lowest BCUT2D eigenvalue weighted by Crippen LogP contribution is -2.37. The lowest BCUT2D eigenvalue weighted by Gasteiger charge is -2.27. The SMILES string of the molecule is c1c(CN2CCCCNCNCCCNCC2)cc(CN2CCCCNCNCCCNCC2)cc1CN1CCCCNCNCCCNCC1. The van der Waals surface area contributed by atoms with E-state index >= 15 is 0 Å². The Morgan fingerprint density at radius 3 is 0.882 bits per heavy atom. The molecule has 3 aliphatic rings. The van der Waals surface area contributed by atoms with Gasteiger partial charge < -0.3 is 47.9 Å². The summed E-state index contributed by atoms with van der Waals surface area (Å²) in [5.41, 5.74) is 4.46. The van der Waals surface area contributed by atoms with Crippen molar-refractivity contribution in [2.24, 2.45) is 0 Å². The highest BCUT2D eigenvalue weighted by atomic mass is 15.2. The Hall–Kier alpha value is -1.26. The molecule has 0 bridgehead atoms. The molecular weight excluding hydrogens is 637 g/mol. The Morgan fingerprint density at radius 1 is 0.294 bits per heavy atom. The lowest BCUT2D eigenvalue weighted by molar-refractivity contribution is 0.250. The first kappa shape index (κ1) is 42.5. The third kappa shape index (κ3) is 21.3. The molecule has 51 heavy (non-hydrogen) atoms. The number of hydrogen-bond donors (Lipinski definition) is 9. The van der Waals surface area contributed by atoms with Gasteiger partial charge in [0.15, 0.2) is 0 Å². The summed E-state index contributed by atoms with van der Waals surface area (Å²) in [6.45, 7) is 25.5. The highest BCUT2D eigenvalue weighted by molar-refractivity contribution is 5.30. The fourth-order valence-corrected chi connectivity index (χ4v) is 7.35. The summed E-state index contributed by atoms with van der Waals surface area (Å²) in [5, 5.41) is 32.4. The van der Waals surface area contributed by atoms with Crippen LogP contribution in [0.4, 0.5) is 0 Å². The molecule has 3 fully saturated rings. The second-order valence-electron chi connectivity index (χ2n) is 14.9. The number of benzene rings is 1. The highest BCUT2D eigenvalue weighted by Gasteiger charge is 2.14. The van der Waals surface area contributed by atoms with Crippen LogP contribution in [0.25, 0.3) is 0 Å². The second-order valence-corrected chi connectivity index (χ2v) is 14.9. The quantitative estimate of drug-likeness (QED) is 0.208. The Bertz CT molecular complexity index is 795. The molecule has 0 spiro atoms. The predicted octanol–water partition coefficient (Wildman–Crippen LogP) is 0.823. The van der Waals surface area contributed by atoms with Gasteiger partial charge in [-0.25, -0.2) is 0 Å². The van der Waals surface area contributed by atoms with Crippen LogP contribution < -0.4 is 47.9 Å². The van der Waals surface area contributed by atoms with Crippen molar-refractivity contribution in [2.45, 2.75) is 77.4 Å². The average Bonchev–Trinajstić information content (AvgIpc) is 3.13. The van der Waals surface area contributed by atoms with Crippen LogP contribution >= 0.6 is 0 Å². The maximum atomic E-state index is 3.72. The Kier molecular flexibility index (Phi) is 24.3. The number of nitrogens with zero attached hydrogens (tertiary/aromatic N) is 3. The molecule has 294 valence electrons. The van der Waals surface area contributed by atoms with E-state index in [0.717, 1.165) is 157 Å². The molecule has 1 aromatic carbocycles. The molecule has 0 radical (unpaired) electrons. The van der Waals surface area contributed by atoms with E-state index in [4.69, 9.17) is 0 Å². The molecule has 0 amide bonds. The van der Waals surface area contributed by atoms with Crippen molar-refractivity contribution in [3.63, 3.8) is 0 Å². The van der Waals surface area contributed by atoms with Gasteiger partial charge in [0.05, 0.1) is 0 Å². The van der Waals surface area contributed by atoms with Crippen LogP contribution in [-0.4, -0.2) is 153 Å². The van der Waals surface area contributed by atoms with Crippen molar-refractivity contribution in [3.05, 3.63) is 34.9 Å². The van der Waals surface area contributed by atoms with E-state index in [2.05, 4.69) is 80.7 Å². The molecule has 4 rings (SSSR count). The largest absolute Gasteiger partial charge is 0.315 e. The third-order valence-corrected chi connectivity index (χ3v) is 10.3. The fourth-order valence-electron chi connectivity index (χ4n) is 7.35. The van der Waals surface area contributed by atoms with Gasteiger partial charge in [0.25, 0.3) is 0 Å². The van der Waals surface area contributed by atoms with Gasteiger partial charge in [0, 0.05) is 78.9 Å². The van der Waals surface area contributed by atoms with Crippen LogP contribution in [0.1, 0.15) is 74.5 Å². The van der Waals surface area contributed by atoms with Gasteiger partial charge >= 0.3 is 0 Å². The topological polar surface area (TPSA) is 118 Å². The zero-order valence-corrected chi connectivity index (χ0v) is 32.4. The molecule has 1 aromatic rings. The number of rotatable bonds is 6. The van der Waals surface area contributed by atoms with Crippen molar-refractivity contribution in [1.29, 1.82) is 0 Å². The first-order valence-electron chi connectivity index (χ1n) is 21.0. The highest BCUT2D eigenvalue weighted by Crippen LogP contribution is 2.18. The van der Waals surface area contributed by atoms with Gasteiger partial charge in [-0.2, -0.15) is 0 Å². The van der Waals surface area contributed by atoms with Gasteiger partial charge in [-0.15, -0.1) is 0 Å². The van der Waals surface area contributed by atoms with Crippen LogP contribution in [0.2, 0.25) is 0 Å². The maximum absolute atomic E-state index is 3.72. The lowest BCUT2D eigenvalue weighted by atomic mass is 10.0. The van der Waals surface area contributed by atoms with Crippen LogP contribution in [0.15, 0.2) is 18.2 Å². The Labute approximate surface area is 312 Å². The molecular formula is C39H78N12. The van der Waals surface area contributed by atoms with Crippen molar-refractivity contribution >= 4 is 0 Å². The summed E-state index contributed by atoms with van der Waals surface area (Å²) in [6.07, 6.45) is 10.9. The number of nitrogens with one attached hydrogen (secondary N) is 9. The van der Waals surface area contributed by atoms with E-state index in [1.54, 1.807) is 0 Å². The Morgan fingerprint density at radius 2 is 0.569 bits per heavy atom. The molecule has 3 saturated heterocycles. The van der Waals surface area contributed by atoms with E-state index in [1.807, 2.05) is 0 Å². The van der Waals surface area contributed by atoms with Crippen LogP contribution in [-0.2, 0) is 19.6 Å². The summed E-state index contributed by atoms with van der Waals surface area (Å²) >= 11 is 0. The third-order valence-electron chi connectivity index (χ3n) is 10.3. The molecule has 12 nitrogen and oxygen atoms in total. The van der Waals surface area contributed by atoms with E-state index in [1.165, 1.54) is 74.5 Å². The molecule has 0 aliphatic carbocycles. The minimum Gasteiger partial charge on any atom is -0.315 e. The molecule has 0 aromatic heterocycles. The number of hydrogen-bond acceptors (Lipinski definition) is 12. The van der Waals surface area contributed by atoms with Crippen LogP contribution in [0.3, 0.4) is 0 Å². The summed E-state index contributed by atoms with van der Waals surface area (Å²) in [6, 6.07) is 7.64. The van der Waals surface area contributed by atoms with E-state index < -0.39 is 0 Å². The molecule has 0 atom stereocenters. The first-order valence-corrected chi connectivity index (χ1v) is 21.0. The van der Waals surface area contributed by atoms with E-state index in [0.29, 0.717) is 0 Å². The smallest absolute Gasteiger partial charge is 0.0454 e. The molecule has 12 heteroatoms. The van der Waals surface area contributed by atoms with Crippen molar-refractivity contribution in [1.82, 2.24) is 62.6 Å². The summed E-state index contributed by atoms with van der Waals surface area (Å²) < 4.78 is 0. The van der Waals surface area contributed by atoms with E-state index in [9.17, 15) is 0 Å². The van der Waals surface area contributed by atoms with Gasteiger partial charge in [0.1, 0.15) is 0 Å². The average molecular weight is 715 g/mol. The summed E-state index contributed by atoms with van der Waals surface area (Å²) in [7, 11) is 0. The minimum atomic E-state index is 0.919. The minimum absolute atomic E-state index is 0.919. The summed E-state index contributed by atoms with van der Waals surface area (Å²) in [4.78, 5) is 8.13. The normalized spacial score (nSPS) is 23.8. The van der Waals surface area contributed by atoms with Gasteiger partial charge in [0.2, 0.25) is 0 Å². The maximum Gasteiger partial charge on any atom is 0.0454 e. The van der Waals surface area contributed by atoms with Crippen LogP contribution in [0.5, 0.6) is 0 Å². The standard InChI is InChI=1S/C39H78N12/c1-4-22-49(25-19-40-13-7-16-46-34-43-10-1)31-37-28-38(32-50-23-5-2-11-44-35-47-17-8-14-41-20-26-50)30-39(29-37)33-51-24-6-3-12-45-36-48-18-9-15-42-21-27-51/h28-30,40-48H,1-27,31-36H2. The van der Waals surface area contributed by atoms with Crippen LogP contribution in [0, 0.1) is 0 Å². The molecule has 3 aliphatic heterocycles. The Balaban J connectivity index is 1.47. The van der Waals surface area contributed by atoms with Crippen molar-refractivity contribution in [3.8, 4) is 0 Å². The summed E-state index contributed by atoms with van der Waals surface area (Å²) in [5.74, 6) is 0. The van der Waals surface area contributed by atoms with Crippen molar-refractivity contribution < 1.29 is 0 Å². The zero-order chi connectivity index (χ0) is 35.3. The second kappa shape index (κ2) is 29.1. The molecule has 9 N–H and O–H groups in total. The van der Waals surface area contributed by atoms with Gasteiger partial charge in [-0.05, 0) is 153 Å². The molecule has 3 heterocycles.